The van der Waals surface area contributed by atoms with Gasteiger partial charge in [-0.1, -0.05) is 25.0 Å². The standard InChI is InChI=1S/C15H23N3OS/c1-5-6-9-16-15(20)18-17-12(3)13-10-11(2)7-8-14(13)19-4/h7-8,10H,5-6,9H2,1-4H3,(H2,16,18,20)/b17-12-. The van der Waals surface area contributed by atoms with Gasteiger partial charge in [0.15, 0.2) is 5.11 Å². The maximum Gasteiger partial charge on any atom is 0.186 e. The fraction of sp³-hybridized carbons (Fsp3) is 0.467. The minimum atomic E-state index is 0.546. The van der Waals surface area contributed by atoms with E-state index in [-0.39, 0.29) is 0 Å². The third-order valence-electron chi connectivity index (χ3n) is 2.89. The Hall–Kier alpha value is -1.62. The molecule has 20 heavy (non-hydrogen) atoms. The minimum absolute atomic E-state index is 0.546. The second-order valence-corrected chi connectivity index (χ2v) is 5.03. The highest BCUT2D eigenvalue weighted by molar-refractivity contribution is 7.80. The summed E-state index contributed by atoms with van der Waals surface area (Å²) in [6.07, 6.45) is 2.23. The molecule has 0 radical (unpaired) electrons. The third-order valence-corrected chi connectivity index (χ3v) is 3.12. The van der Waals surface area contributed by atoms with Gasteiger partial charge in [-0.15, -0.1) is 0 Å². The minimum Gasteiger partial charge on any atom is -0.496 e. The first-order valence-corrected chi connectivity index (χ1v) is 7.22. The van der Waals surface area contributed by atoms with Crippen LogP contribution in [0.2, 0.25) is 0 Å². The number of nitrogens with zero attached hydrogens (tertiary/aromatic N) is 1. The summed E-state index contributed by atoms with van der Waals surface area (Å²) < 4.78 is 5.35. The van der Waals surface area contributed by atoms with Crippen LogP contribution in [0, 0.1) is 6.92 Å². The molecule has 110 valence electrons. The molecule has 0 aliphatic heterocycles. The molecular weight excluding hydrogens is 270 g/mol. The van der Waals surface area contributed by atoms with E-state index in [1.54, 1.807) is 7.11 Å². The third kappa shape index (κ3) is 5.17. The zero-order chi connectivity index (χ0) is 15.0. The van der Waals surface area contributed by atoms with Crippen molar-refractivity contribution in [1.82, 2.24) is 10.7 Å². The molecule has 0 saturated heterocycles. The van der Waals surface area contributed by atoms with E-state index in [1.165, 1.54) is 5.56 Å². The molecule has 5 heteroatoms. The zero-order valence-corrected chi connectivity index (χ0v) is 13.4. The Labute approximate surface area is 126 Å². The molecule has 0 aromatic heterocycles. The second kappa shape index (κ2) is 8.53. The molecule has 0 unspecified atom stereocenters. The Balaban J connectivity index is 2.69. The molecule has 0 heterocycles. The number of ether oxygens (including phenoxy) is 1. The van der Waals surface area contributed by atoms with Gasteiger partial charge in [0.2, 0.25) is 0 Å². The number of nitrogens with one attached hydrogen (secondary N) is 2. The molecule has 0 aliphatic rings. The number of aryl methyl sites for hydroxylation is 1. The summed E-state index contributed by atoms with van der Waals surface area (Å²) >= 11 is 5.16. The van der Waals surface area contributed by atoms with E-state index in [4.69, 9.17) is 17.0 Å². The lowest BCUT2D eigenvalue weighted by atomic mass is 10.1. The van der Waals surface area contributed by atoms with Gasteiger partial charge in [0.1, 0.15) is 5.75 Å². The van der Waals surface area contributed by atoms with Crippen LogP contribution in [-0.2, 0) is 0 Å². The summed E-state index contributed by atoms with van der Waals surface area (Å²) in [7, 11) is 1.66. The van der Waals surface area contributed by atoms with E-state index in [0.29, 0.717) is 5.11 Å². The summed E-state index contributed by atoms with van der Waals surface area (Å²) in [4.78, 5) is 0. The van der Waals surface area contributed by atoms with Crippen molar-refractivity contribution in [2.45, 2.75) is 33.6 Å². The SMILES string of the molecule is CCCCNC(=S)N/N=C(/C)c1cc(C)ccc1OC. The predicted molar refractivity (Wildman–Crippen MR) is 88.6 cm³/mol. The van der Waals surface area contributed by atoms with Crippen molar-refractivity contribution in [3.05, 3.63) is 29.3 Å². The molecule has 1 rings (SSSR count). The van der Waals surface area contributed by atoms with E-state index in [1.807, 2.05) is 32.0 Å². The highest BCUT2D eigenvalue weighted by atomic mass is 32.1. The number of unbranched alkanes of at least 4 members (excludes halogenated alkanes) is 1. The van der Waals surface area contributed by atoms with Gasteiger partial charge in [0.05, 0.1) is 12.8 Å². The summed E-state index contributed by atoms with van der Waals surface area (Å²) in [6.45, 7) is 6.98. The van der Waals surface area contributed by atoms with Crippen LogP contribution in [0.3, 0.4) is 0 Å². The van der Waals surface area contributed by atoms with Crippen molar-refractivity contribution < 1.29 is 4.74 Å². The van der Waals surface area contributed by atoms with Gasteiger partial charge < -0.3 is 10.1 Å². The Morgan fingerprint density at radius 1 is 1.40 bits per heavy atom. The first-order chi connectivity index (χ1) is 9.58. The smallest absolute Gasteiger partial charge is 0.186 e. The monoisotopic (exact) mass is 293 g/mol. The average Bonchev–Trinajstić information content (AvgIpc) is 2.45. The van der Waals surface area contributed by atoms with Crippen molar-refractivity contribution in [2.24, 2.45) is 5.10 Å². The van der Waals surface area contributed by atoms with Gasteiger partial charge in [-0.05, 0) is 44.6 Å². The number of hydrogen-bond donors (Lipinski definition) is 2. The van der Waals surface area contributed by atoms with Gasteiger partial charge >= 0.3 is 0 Å². The Bertz CT molecular complexity index is 486. The van der Waals surface area contributed by atoms with Crippen LogP contribution in [0.5, 0.6) is 5.75 Å². The molecule has 0 aliphatic carbocycles. The number of hydrogen-bond acceptors (Lipinski definition) is 3. The first kappa shape index (κ1) is 16.4. The fourth-order valence-corrected chi connectivity index (χ4v) is 1.87. The maximum atomic E-state index is 5.35. The van der Waals surface area contributed by atoms with Crippen LogP contribution >= 0.6 is 12.2 Å². The van der Waals surface area contributed by atoms with Crippen LogP contribution < -0.4 is 15.5 Å². The summed E-state index contributed by atoms with van der Waals surface area (Å²) in [5.41, 5.74) is 5.84. The van der Waals surface area contributed by atoms with Crippen molar-refractivity contribution >= 4 is 23.0 Å². The van der Waals surface area contributed by atoms with E-state index < -0.39 is 0 Å². The Kier molecular flexibility index (Phi) is 7.01. The highest BCUT2D eigenvalue weighted by Crippen LogP contribution is 2.20. The topological polar surface area (TPSA) is 45.7 Å². The quantitative estimate of drug-likeness (QED) is 0.366. The molecule has 0 saturated carbocycles. The van der Waals surface area contributed by atoms with Gasteiger partial charge in [0.25, 0.3) is 0 Å². The lowest BCUT2D eigenvalue weighted by Crippen LogP contribution is -2.33. The van der Waals surface area contributed by atoms with Crippen LogP contribution in [0.25, 0.3) is 0 Å². The largest absolute Gasteiger partial charge is 0.496 e. The van der Waals surface area contributed by atoms with Crippen molar-refractivity contribution in [3.63, 3.8) is 0 Å². The Morgan fingerprint density at radius 2 is 2.15 bits per heavy atom. The molecule has 0 fully saturated rings. The normalized spacial score (nSPS) is 11.1. The van der Waals surface area contributed by atoms with Gasteiger partial charge in [-0.2, -0.15) is 5.10 Å². The molecule has 0 spiro atoms. The summed E-state index contributed by atoms with van der Waals surface area (Å²) in [5, 5.41) is 7.96. The molecule has 0 amide bonds. The van der Waals surface area contributed by atoms with Crippen LogP contribution in [0.15, 0.2) is 23.3 Å². The lowest BCUT2D eigenvalue weighted by molar-refractivity contribution is 0.414. The maximum absolute atomic E-state index is 5.35. The zero-order valence-electron chi connectivity index (χ0n) is 12.6. The molecule has 2 N–H and O–H groups in total. The molecule has 4 nitrogen and oxygen atoms in total. The second-order valence-electron chi connectivity index (χ2n) is 4.62. The number of hydrazone groups is 1. The lowest BCUT2D eigenvalue weighted by Gasteiger charge is -2.10. The molecule has 1 aromatic rings. The number of methoxy groups -OCH3 is 1. The van der Waals surface area contributed by atoms with E-state index >= 15 is 0 Å². The average molecular weight is 293 g/mol. The fourth-order valence-electron chi connectivity index (χ4n) is 1.72. The van der Waals surface area contributed by atoms with Crippen molar-refractivity contribution in [2.75, 3.05) is 13.7 Å². The number of thiocarbonyl (C=S) groups is 1. The molecule has 1 aromatic carbocycles. The number of benzene rings is 1. The Morgan fingerprint density at radius 3 is 2.80 bits per heavy atom. The predicted octanol–water partition coefficient (Wildman–Crippen LogP) is 2.99. The number of rotatable bonds is 6. The molecule has 0 bridgehead atoms. The van der Waals surface area contributed by atoms with Gasteiger partial charge in [-0.3, -0.25) is 5.43 Å². The van der Waals surface area contributed by atoms with Crippen LogP contribution in [0.1, 0.15) is 37.8 Å². The van der Waals surface area contributed by atoms with Crippen LogP contribution in [0.4, 0.5) is 0 Å². The van der Waals surface area contributed by atoms with E-state index in [9.17, 15) is 0 Å². The van der Waals surface area contributed by atoms with Crippen LogP contribution in [-0.4, -0.2) is 24.5 Å². The van der Waals surface area contributed by atoms with Crippen molar-refractivity contribution in [3.8, 4) is 5.75 Å². The first-order valence-electron chi connectivity index (χ1n) is 6.81. The molecular formula is C15H23N3OS. The van der Waals surface area contributed by atoms with E-state index in [2.05, 4.69) is 22.8 Å². The summed E-state index contributed by atoms with van der Waals surface area (Å²) in [6, 6.07) is 6.01. The van der Waals surface area contributed by atoms with Gasteiger partial charge in [0, 0.05) is 12.1 Å². The highest BCUT2D eigenvalue weighted by Gasteiger charge is 2.06. The summed E-state index contributed by atoms with van der Waals surface area (Å²) in [5.74, 6) is 0.809. The van der Waals surface area contributed by atoms with E-state index in [0.717, 1.165) is 36.4 Å². The molecule has 0 atom stereocenters. The van der Waals surface area contributed by atoms with Crippen molar-refractivity contribution in [1.29, 1.82) is 0 Å². The van der Waals surface area contributed by atoms with Gasteiger partial charge in [-0.25, -0.2) is 0 Å².